The van der Waals surface area contributed by atoms with Crippen molar-refractivity contribution in [1.29, 1.82) is 0 Å². The van der Waals surface area contributed by atoms with Crippen molar-refractivity contribution < 1.29 is 0 Å². The van der Waals surface area contributed by atoms with Crippen LogP contribution in [0, 0.1) is 0 Å². The predicted octanol–water partition coefficient (Wildman–Crippen LogP) is 2.73. The predicted molar refractivity (Wildman–Crippen MR) is 80.0 cm³/mol. The molecule has 0 aliphatic carbocycles. The Hall–Kier alpha value is -1.23. The molecule has 0 saturated carbocycles. The molecule has 0 spiro atoms. The molecule has 0 radical (unpaired) electrons. The van der Waals surface area contributed by atoms with Gasteiger partial charge in [0.1, 0.15) is 5.01 Å². The number of piperidine rings is 1. The van der Waals surface area contributed by atoms with Gasteiger partial charge in [0.2, 0.25) is 0 Å². The number of hydrogen-bond acceptors (Lipinski definition) is 4. The molecular weight excluding hydrogens is 254 g/mol. The Labute approximate surface area is 118 Å². The number of aromatic nitrogens is 1. The van der Waals surface area contributed by atoms with Gasteiger partial charge in [-0.05, 0) is 19.4 Å². The molecule has 2 heterocycles. The lowest BCUT2D eigenvalue weighted by molar-refractivity contribution is 0.201. The second kappa shape index (κ2) is 5.82. The number of nitrogens with two attached hydrogens (primary N) is 1. The third-order valence-electron chi connectivity index (χ3n) is 3.52. The van der Waals surface area contributed by atoms with Gasteiger partial charge in [0.25, 0.3) is 0 Å². The van der Waals surface area contributed by atoms with Crippen LogP contribution in [0.2, 0.25) is 0 Å². The monoisotopic (exact) mass is 273 g/mol. The highest BCUT2D eigenvalue weighted by molar-refractivity contribution is 7.09. The van der Waals surface area contributed by atoms with E-state index in [1.807, 2.05) is 6.07 Å². The molecular formula is C15H19N3S. The fourth-order valence-corrected chi connectivity index (χ4v) is 3.40. The molecule has 3 rings (SSSR count). The van der Waals surface area contributed by atoms with E-state index in [1.165, 1.54) is 17.0 Å². The van der Waals surface area contributed by atoms with Crippen molar-refractivity contribution in [1.82, 2.24) is 9.88 Å². The third kappa shape index (κ3) is 3.21. The SMILES string of the molecule is NC1CCCN(Cc2nc(-c3ccccc3)cs2)C1. The lowest BCUT2D eigenvalue weighted by Gasteiger charge is -2.29. The minimum atomic E-state index is 0.335. The van der Waals surface area contributed by atoms with Crippen LogP contribution in [0.1, 0.15) is 17.8 Å². The molecule has 100 valence electrons. The lowest BCUT2D eigenvalue weighted by Crippen LogP contribution is -2.42. The molecule has 0 amide bonds. The molecule has 1 unspecified atom stereocenters. The zero-order valence-electron chi connectivity index (χ0n) is 11.0. The van der Waals surface area contributed by atoms with E-state index in [2.05, 4.69) is 34.5 Å². The summed E-state index contributed by atoms with van der Waals surface area (Å²) in [6.45, 7) is 3.08. The van der Waals surface area contributed by atoms with Gasteiger partial charge in [-0.15, -0.1) is 11.3 Å². The summed E-state index contributed by atoms with van der Waals surface area (Å²) in [5.74, 6) is 0. The molecule has 4 heteroatoms. The fourth-order valence-electron chi connectivity index (χ4n) is 2.55. The summed E-state index contributed by atoms with van der Waals surface area (Å²) in [5, 5.41) is 3.34. The standard InChI is InChI=1S/C15H19N3S/c16-13-7-4-8-18(9-13)10-15-17-14(11-19-15)12-5-2-1-3-6-12/h1-3,5-6,11,13H,4,7-10,16H2. The molecule has 1 saturated heterocycles. The molecule has 1 aromatic heterocycles. The van der Waals surface area contributed by atoms with Crippen molar-refractivity contribution in [3.63, 3.8) is 0 Å². The van der Waals surface area contributed by atoms with E-state index >= 15 is 0 Å². The van der Waals surface area contributed by atoms with Crippen LogP contribution < -0.4 is 5.73 Å². The van der Waals surface area contributed by atoms with Gasteiger partial charge >= 0.3 is 0 Å². The van der Waals surface area contributed by atoms with Crippen LogP contribution in [-0.2, 0) is 6.54 Å². The molecule has 1 aliphatic heterocycles. The van der Waals surface area contributed by atoms with Gasteiger partial charge in [-0.1, -0.05) is 30.3 Å². The summed E-state index contributed by atoms with van der Waals surface area (Å²) in [7, 11) is 0. The van der Waals surface area contributed by atoms with Crippen LogP contribution in [0.3, 0.4) is 0 Å². The Morgan fingerprint density at radius 3 is 2.95 bits per heavy atom. The largest absolute Gasteiger partial charge is 0.327 e. The Kier molecular flexibility index (Phi) is 3.92. The summed E-state index contributed by atoms with van der Waals surface area (Å²) < 4.78 is 0. The first-order valence-corrected chi connectivity index (χ1v) is 7.67. The zero-order valence-corrected chi connectivity index (χ0v) is 11.8. The molecule has 2 N–H and O–H groups in total. The van der Waals surface area contributed by atoms with Gasteiger partial charge in [-0.3, -0.25) is 4.90 Å². The summed E-state index contributed by atoms with van der Waals surface area (Å²) >= 11 is 1.75. The number of nitrogens with zero attached hydrogens (tertiary/aromatic N) is 2. The van der Waals surface area contributed by atoms with Crippen molar-refractivity contribution in [2.45, 2.75) is 25.4 Å². The molecule has 1 fully saturated rings. The lowest BCUT2D eigenvalue weighted by atomic mass is 10.1. The van der Waals surface area contributed by atoms with Crippen molar-refractivity contribution in [3.05, 3.63) is 40.7 Å². The highest BCUT2D eigenvalue weighted by atomic mass is 32.1. The summed E-state index contributed by atoms with van der Waals surface area (Å²) in [6.07, 6.45) is 2.36. The van der Waals surface area contributed by atoms with Crippen LogP contribution in [0.15, 0.2) is 35.7 Å². The first-order valence-electron chi connectivity index (χ1n) is 6.79. The molecule has 1 atom stereocenters. The average Bonchev–Trinajstić information content (AvgIpc) is 2.88. The topological polar surface area (TPSA) is 42.1 Å². The normalized spacial score (nSPS) is 20.6. The highest BCUT2D eigenvalue weighted by Gasteiger charge is 2.17. The zero-order chi connectivity index (χ0) is 13.1. The van der Waals surface area contributed by atoms with E-state index in [9.17, 15) is 0 Å². The quantitative estimate of drug-likeness (QED) is 0.935. The molecule has 0 bridgehead atoms. The second-order valence-electron chi connectivity index (χ2n) is 5.13. The van der Waals surface area contributed by atoms with Crippen molar-refractivity contribution in [2.24, 2.45) is 5.73 Å². The van der Waals surface area contributed by atoms with Gasteiger partial charge in [0.15, 0.2) is 0 Å². The summed E-state index contributed by atoms with van der Waals surface area (Å²) in [4.78, 5) is 7.15. The minimum absolute atomic E-state index is 0.335. The van der Waals surface area contributed by atoms with E-state index in [1.54, 1.807) is 11.3 Å². The van der Waals surface area contributed by atoms with Gasteiger partial charge in [-0.2, -0.15) is 0 Å². The van der Waals surface area contributed by atoms with Crippen LogP contribution in [-0.4, -0.2) is 29.0 Å². The van der Waals surface area contributed by atoms with Crippen molar-refractivity contribution in [2.75, 3.05) is 13.1 Å². The van der Waals surface area contributed by atoms with Crippen LogP contribution in [0.25, 0.3) is 11.3 Å². The maximum absolute atomic E-state index is 6.02. The van der Waals surface area contributed by atoms with E-state index in [4.69, 9.17) is 10.7 Å². The number of thiazole rings is 1. The molecule has 3 nitrogen and oxygen atoms in total. The van der Waals surface area contributed by atoms with E-state index in [0.29, 0.717) is 6.04 Å². The first kappa shape index (κ1) is 12.8. The Balaban J connectivity index is 1.68. The molecule has 1 aliphatic rings. The average molecular weight is 273 g/mol. The van der Waals surface area contributed by atoms with Crippen LogP contribution in [0.4, 0.5) is 0 Å². The first-order chi connectivity index (χ1) is 9.31. The maximum Gasteiger partial charge on any atom is 0.107 e. The van der Waals surface area contributed by atoms with E-state index in [-0.39, 0.29) is 0 Å². The second-order valence-corrected chi connectivity index (χ2v) is 6.07. The summed E-state index contributed by atoms with van der Waals surface area (Å²) in [6, 6.07) is 10.7. The fraction of sp³-hybridized carbons (Fsp3) is 0.400. The number of rotatable bonds is 3. The summed E-state index contributed by atoms with van der Waals surface area (Å²) in [5.41, 5.74) is 8.30. The smallest absolute Gasteiger partial charge is 0.107 e. The number of hydrogen-bond donors (Lipinski definition) is 1. The highest BCUT2D eigenvalue weighted by Crippen LogP contribution is 2.23. The van der Waals surface area contributed by atoms with E-state index < -0.39 is 0 Å². The van der Waals surface area contributed by atoms with Crippen molar-refractivity contribution in [3.8, 4) is 11.3 Å². The maximum atomic E-state index is 6.02. The van der Waals surface area contributed by atoms with Gasteiger partial charge < -0.3 is 5.73 Å². The van der Waals surface area contributed by atoms with Gasteiger partial charge in [0.05, 0.1) is 12.2 Å². The number of benzene rings is 1. The number of likely N-dealkylation sites (tertiary alicyclic amines) is 1. The van der Waals surface area contributed by atoms with Crippen LogP contribution in [0.5, 0.6) is 0 Å². The van der Waals surface area contributed by atoms with Gasteiger partial charge in [-0.25, -0.2) is 4.98 Å². The molecule has 2 aromatic rings. The van der Waals surface area contributed by atoms with Crippen LogP contribution >= 0.6 is 11.3 Å². The molecule has 19 heavy (non-hydrogen) atoms. The van der Waals surface area contributed by atoms with Crippen molar-refractivity contribution >= 4 is 11.3 Å². The Morgan fingerprint density at radius 2 is 2.16 bits per heavy atom. The van der Waals surface area contributed by atoms with E-state index in [0.717, 1.165) is 31.7 Å². The molecule has 1 aromatic carbocycles. The van der Waals surface area contributed by atoms with Gasteiger partial charge in [0, 0.05) is 23.5 Å². The Morgan fingerprint density at radius 1 is 1.32 bits per heavy atom. The Bertz CT molecular complexity index is 523. The third-order valence-corrected chi connectivity index (χ3v) is 4.36. The minimum Gasteiger partial charge on any atom is -0.327 e.